The standard InChI is InChI=1S/C20H21N3O2/c1-15-4-3-5-18(12-15)13-20(25)22-10-11-23(16(2)24)19-8-6-17(14-21)7-9-19/h3-9,12H,10-11,13H2,1-2H3,(H,22,25). The number of nitrogens with zero attached hydrogens (tertiary/aromatic N) is 2. The van der Waals surface area contributed by atoms with Crippen molar-refractivity contribution >= 4 is 17.5 Å². The normalized spacial score (nSPS) is 9.96. The van der Waals surface area contributed by atoms with Gasteiger partial charge in [0, 0.05) is 25.7 Å². The van der Waals surface area contributed by atoms with E-state index in [1.54, 1.807) is 29.2 Å². The van der Waals surface area contributed by atoms with Gasteiger partial charge in [-0.1, -0.05) is 29.8 Å². The Labute approximate surface area is 147 Å². The maximum atomic E-state index is 12.0. The molecule has 0 unspecified atom stereocenters. The summed E-state index contributed by atoms with van der Waals surface area (Å²) in [6, 6.07) is 16.7. The van der Waals surface area contributed by atoms with Crippen molar-refractivity contribution in [1.29, 1.82) is 5.26 Å². The average Bonchev–Trinajstić information content (AvgIpc) is 2.58. The predicted octanol–water partition coefficient (Wildman–Crippen LogP) is 2.58. The average molecular weight is 335 g/mol. The third-order valence-corrected chi connectivity index (χ3v) is 3.79. The van der Waals surface area contributed by atoms with Crippen molar-refractivity contribution in [2.75, 3.05) is 18.0 Å². The zero-order valence-corrected chi connectivity index (χ0v) is 14.5. The lowest BCUT2D eigenvalue weighted by atomic mass is 10.1. The van der Waals surface area contributed by atoms with E-state index in [2.05, 4.69) is 5.32 Å². The van der Waals surface area contributed by atoms with Crippen LogP contribution in [-0.2, 0) is 16.0 Å². The van der Waals surface area contributed by atoms with Crippen LogP contribution in [0.3, 0.4) is 0 Å². The molecule has 0 fully saturated rings. The molecule has 0 saturated carbocycles. The van der Waals surface area contributed by atoms with E-state index in [-0.39, 0.29) is 11.8 Å². The molecule has 0 aliphatic rings. The van der Waals surface area contributed by atoms with Crippen LogP contribution in [0.4, 0.5) is 5.69 Å². The molecule has 0 aliphatic carbocycles. The number of hydrogen-bond donors (Lipinski definition) is 1. The summed E-state index contributed by atoms with van der Waals surface area (Å²) in [6.45, 7) is 4.21. The van der Waals surface area contributed by atoms with Crippen LogP contribution in [0.5, 0.6) is 0 Å². The minimum atomic E-state index is -0.113. The lowest BCUT2D eigenvalue weighted by Gasteiger charge is -2.21. The molecule has 0 atom stereocenters. The molecule has 128 valence electrons. The van der Waals surface area contributed by atoms with Crippen molar-refractivity contribution in [3.05, 3.63) is 65.2 Å². The first kappa shape index (κ1) is 18.2. The summed E-state index contributed by atoms with van der Waals surface area (Å²) in [5.74, 6) is -0.188. The molecule has 0 saturated heterocycles. The molecular weight excluding hydrogens is 314 g/mol. The second-order valence-corrected chi connectivity index (χ2v) is 5.85. The van der Waals surface area contributed by atoms with E-state index in [1.807, 2.05) is 37.3 Å². The van der Waals surface area contributed by atoms with Crippen molar-refractivity contribution < 1.29 is 9.59 Å². The van der Waals surface area contributed by atoms with Gasteiger partial charge in [0.1, 0.15) is 0 Å². The number of anilines is 1. The molecule has 0 heterocycles. The Bertz CT molecular complexity index is 791. The van der Waals surface area contributed by atoms with Crippen LogP contribution in [-0.4, -0.2) is 24.9 Å². The van der Waals surface area contributed by atoms with Crippen LogP contribution < -0.4 is 10.2 Å². The topological polar surface area (TPSA) is 73.2 Å². The number of benzene rings is 2. The van der Waals surface area contributed by atoms with Crippen LogP contribution in [0.15, 0.2) is 48.5 Å². The summed E-state index contributed by atoms with van der Waals surface area (Å²) < 4.78 is 0. The highest BCUT2D eigenvalue weighted by Gasteiger charge is 2.12. The third-order valence-electron chi connectivity index (χ3n) is 3.79. The van der Waals surface area contributed by atoms with Crippen molar-refractivity contribution in [2.24, 2.45) is 0 Å². The molecule has 25 heavy (non-hydrogen) atoms. The van der Waals surface area contributed by atoms with Crippen LogP contribution in [0.1, 0.15) is 23.6 Å². The lowest BCUT2D eigenvalue weighted by molar-refractivity contribution is -0.121. The summed E-state index contributed by atoms with van der Waals surface area (Å²) in [5.41, 5.74) is 3.33. The molecule has 2 rings (SSSR count). The van der Waals surface area contributed by atoms with Crippen LogP contribution in [0.25, 0.3) is 0 Å². The number of nitrogens with one attached hydrogen (secondary N) is 1. The van der Waals surface area contributed by atoms with E-state index in [9.17, 15) is 9.59 Å². The van der Waals surface area contributed by atoms with Gasteiger partial charge in [0.05, 0.1) is 18.1 Å². The Morgan fingerprint density at radius 1 is 1.16 bits per heavy atom. The first-order chi connectivity index (χ1) is 12.0. The van der Waals surface area contributed by atoms with Crippen molar-refractivity contribution in [3.8, 4) is 6.07 Å². The molecule has 5 heteroatoms. The molecule has 5 nitrogen and oxygen atoms in total. The second-order valence-electron chi connectivity index (χ2n) is 5.85. The molecule has 1 N–H and O–H groups in total. The van der Waals surface area contributed by atoms with Crippen LogP contribution in [0, 0.1) is 18.3 Å². The fraction of sp³-hybridized carbons (Fsp3) is 0.250. The third kappa shape index (κ3) is 5.47. The zero-order chi connectivity index (χ0) is 18.2. The molecular formula is C20H21N3O2. The highest BCUT2D eigenvalue weighted by Crippen LogP contribution is 2.15. The van der Waals surface area contributed by atoms with Crippen LogP contribution >= 0.6 is 0 Å². The van der Waals surface area contributed by atoms with Crippen molar-refractivity contribution in [2.45, 2.75) is 20.3 Å². The molecule has 0 aromatic heterocycles. The number of carbonyl (C=O) groups excluding carboxylic acids is 2. The predicted molar refractivity (Wildman–Crippen MR) is 97.1 cm³/mol. The Hall–Kier alpha value is -3.13. The lowest BCUT2D eigenvalue weighted by Crippen LogP contribution is -2.38. The van der Waals surface area contributed by atoms with Gasteiger partial charge < -0.3 is 10.2 Å². The van der Waals surface area contributed by atoms with E-state index in [4.69, 9.17) is 5.26 Å². The van der Waals surface area contributed by atoms with Gasteiger partial charge in [-0.15, -0.1) is 0 Å². The van der Waals surface area contributed by atoms with E-state index in [0.29, 0.717) is 30.8 Å². The summed E-state index contributed by atoms with van der Waals surface area (Å²) >= 11 is 0. The number of rotatable bonds is 6. The van der Waals surface area contributed by atoms with E-state index in [0.717, 1.165) is 11.1 Å². The Morgan fingerprint density at radius 3 is 2.48 bits per heavy atom. The quantitative estimate of drug-likeness (QED) is 0.882. The van der Waals surface area contributed by atoms with Gasteiger partial charge in [0.25, 0.3) is 0 Å². The summed E-state index contributed by atoms with van der Waals surface area (Å²) in [4.78, 5) is 25.5. The Morgan fingerprint density at radius 2 is 1.88 bits per heavy atom. The molecule has 0 spiro atoms. The SMILES string of the molecule is CC(=O)N(CCNC(=O)Cc1cccc(C)c1)c1ccc(C#N)cc1. The number of hydrogen-bond acceptors (Lipinski definition) is 3. The number of amides is 2. The minimum Gasteiger partial charge on any atom is -0.354 e. The molecule has 2 aromatic carbocycles. The van der Waals surface area contributed by atoms with Crippen LogP contribution in [0.2, 0.25) is 0 Å². The van der Waals surface area contributed by atoms with E-state index < -0.39 is 0 Å². The first-order valence-corrected chi connectivity index (χ1v) is 8.10. The monoisotopic (exact) mass is 335 g/mol. The van der Waals surface area contributed by atoms with Gasteiger partial charge in [0.2, 0.25) is 11.8 Å². The molecule has 0 radical (unpaired) electrons. The minimum absolute atomic E-state index is 0.0751. The van der Waals surface area contributed by atoms with Gasteiger partial charge >= 0.3 is 0 Å². The number of aryl methyl sites for hydroxylation is 1. The summed E-state index contributed by atoms with van der Waals surface area (Å²) in [5, 5.41) is 11.7. The van der Waals surface area contributed by atoms with Crippen molar-refractivity contribution in [1.82, 2.24) is 5.32 Å². The smallest absolute Gasteiger partial charge is 0.224 e. The van der Waals surface area contributed by atoms with Crippen molar-refractivity contribution in [3.63, 3.8) is 0 Å². The zero-order valence-electron chi connectivity index (χ0n) is 14.5. The maximum absolute atomic E-state index is 12.0. The largest absolute Gasteiger partial charge is 0.354 e. The van der Waals surface area contributed by atoms with E-state index in [1.165, 1.54) is 6.92 Å². The number of carbonyl (C=O) groups is 2. The second kappa shape index (κ2) is 8.65. The molecule has 2 amide bonds. The highest BCUT2D eigenvalue weighted by atomic mass is 16.2. The molecule has 0 aliphatic heterocycles. The molecule has 0 bridgehead atoms. The van der Waals surface area contributed by atoms with Gasteiger partial charge in [-0.25, -0.2) is 0 Å². The van der Waals surface area contributed by atoms with E-state index >= 15 is 0 Å². The Balaban J connectivity index is 1.89. The Kier molecular flexibility index (Phi) is 6.30. The fourth-order valence-corrected chi connectivity index (χ4v) is 2.56. The first-order valence-electron chi connectivity index (χ1n) is 8.10. The summed E-state index contributed by atoms with van der Waals surface area (Å²) in [7, 11) is 0. The van der Waals surface area contributed by atoms with Gasteiger partial charge in [-0.3, -0.25) is 9.59 Å². The summed E-state index contributed by atoms with van der Waals surface area (Å²) in [6.07, 6.45) is 0.318. The van der Waals surface area contributed by atoms with Gasteiger partial charge in [0.15, 0.2) is 0 Å². The van der Waals surface area contributed by atoms with Gasteiger partial charge in [-0.05, 0) is 36.8 Å². The maximum Gasteiger partial charge on any atom is 0.224 e. The highest BCUT2D eigenvalue weighted by molar-refractivity contribution is 5.91. The number of nitriles is 1. The molecule has 2 aromatic rings. The fourth-order valence-electron chi connectivity index (χ4n) is 2.56. The van der Waals surface area contributed by atoms with Gasteiger partial charge in [-0.2, -0.15) is 5.26 Å².